The molecule has 0 aliphatic heterocycles. The van der Waals surface area contributed by atoms with Gasteiger partial charge in [0, 0.05) is 15.7 Å². The number of hydrogen-bond acceptors (Lipinski definition) is 5. The number of nitrogens with zero attached hydrogens (tertiary/aromatic N) is 2. The van der Waals surface area contributed by atoms with Crippen molar-refractivity contribution in [1.82, 2.24) is 5.16 Å². The maximum absolute atomic E-state index is 13.5. The minimum absolute atomic E-state index is 0.101. The van der Waals surface area contributed by atoms with E-state index >= 15 is 0 Å². The molecule has 96 valence electrons. The molecule has 5 nitrogen and oxygen atoms in total. The molecule has 2 rings (SSSR count). The molecule has 0 radical (unpaired) electrons. The fourth-order valence-corrected chi connectivity index (χ4v) is 1.58. The number of rotatable bonds is 2. The van der Waals surface area contributed by atoms with Crippen molar-refractivity contribution < 1.29 is 23.2 Å². The highest BCUT2D eigenvalue weighted by Gasteiger charge is 2.22. The minimum Gasteiger partial charge on any atom is -0.355 e. The Bertz CT molecular complexity index is 689. The average Bonchev–Trinajstić information content (AvgIpc) is 2.79. The summed E-state index contributed by atoms with van der Waals surface area (Å²) in [6, 6.07) is 5.44. The van der Waals surface area contributed by atoms with Crippen molar-refractivity contribution in [2.75, 3.05) is 0 Å². The van der Waals surface area contributed by atoms with Crippen LogP contribution in [0.25, 0.3) is 11.3 Å². The number of nitriles is 1. The second-order valence-corrected chi connectivity index (χ2v) is 3.66. The molecule has 0 saturated heterocycles. The summed E-state index contributed by atoms with van der Waals surface area (Å²) < 4.78 is 30.1. The lowest BCUT2D eigenvalue weighted by Crippen LogP contribution is -2.01. The van der Waals surface area contributed by atoms with E-state index in [1.807, 2.05) is 0 Å². The third kappa shape index (κ3) is 2.15. The van der Waals surface area contributed by atoms with Crippen LogP contribution in [0.5, 0.6) is 0 Å². The van der Waals surface area contributed by atoms with Crippen LogP contribution in [-0.4, -0.2) is 11.1 Å². The van der Waals surface area contributed by atoms with Gasteiger partial charge in [0.1, 0.15) is 11.9 Å². The largest absolute Gasteiger partial charge is 0.401 e. The van der Waals surface area contributed by atoms with Gasteiger partial charge >= 0.3 is 5.97 Å². The van der Waals surface area contributed by atoms with Crippen molar-refractivity contribution in [3.8, 4) is 17.4 Å². The molecule has 1 aromatic carbocycles. The van der Waals surface area contributed by atoms with E-state index in [1.165, 1.54) is 19.1 Å². The van der Waals surface area contributed by atoms with Crippen molar-refractivity contribution in [2.45, 2.75) is 6.92 Å². The van der Waals surface area contributed by atoms with Crippen molar-refractivity contribution in [3.63, 3.8) is 0 Å². The molecule has 1 aromatic heterocycles. The van der Waals surface area contributed by atoms with Gasteiger partial charge in [0.05, 0.1) is 5.56 Å². The van der Waals surface area contributed by atoms with E-state index in [0.717, 1.165) is 6.07 Å². The molecule has 0 unspecified atom stereocenters. The first-order valence-corrected chi connectivity index (χ1v) is 5.07. The number of carbonyl (C=O) groups excluding carboxylic acids is 1. The van der Waals surface area contributed by atoms with Crippen molar-refractivity contribution in [2.24, 2.45) is 0 Å². The highest BCUT2D eigenvalue weighted by molar-refractivity contribution is 5.90. The van der Waals surface area contributed by atoms with Gasteiger partial charge in [-0.1, -0.05) is 5.16 Å². The van der Waals surface area contributed by atoms with E-state index in [9.17, 15) is 13.7 Å². The zero-order valence-corrected chi connectivity index (χ0v) is 9.61. The van der Waals surface area contributed by atoms with Crippen molar-refractivity contribution >= 4 is 5.97 Å². The molecule has 0 N–H and O–H groups in total. The topological polar surface area (TPSA) is 76.1 Å². The lowest BCUT2D eigenvalue weighted by molar-refractivity contribution is -0.0796. The van der Waals surface area contributed by atoms with E-state index in [-0.39, 0.29) is 28.1 Å². The maximum atomic E-state index is 13.5. The molecule has 19 heavy (non-hydrogen) atoms. The SMILES string of the molecule is Cc1c(C(=O)OF)noc1-c1ccc(C#N)c(F)c1. The van der Waals surface area contributed by atoms with Crippen molar-refractivity contribution in [1.29, 1.82) is 5.26 Å². The Morgan fingerprint density at radius 3 is 2.84 bits per heavy atom. The van der Waals surface area contributed by atoms with E-state index < -0.39 is 11.8 Å². The summed E-state index contributed by atoms with van der Waals surface area (Å²) in [4.78, 5) is 14.1. The third-order valence-electron chi connectivity index (χ3n) is 2.54. The van der Waals surface area contributed by atoms with E-state index in [1.54, 1.807) is 6.07 Å². The molecule has 0 fully saturated rings. The van der Waals surface area contributed by atoms with Crippen LogP contribution in [0.1, 0.15) is 21.6 Å². The van der Waals surface area contributed by atoms with Gasteiger partial charge in [-0.15, -0.1) is 0 Å². The second kappa shape index (κ2) is 4.86. The lowest BCUT2D eigenvalue weighted by Gasteiger charge is -1.99. The predicted octanol–water partition coefficient (Wildman–Crippen LogP) is 2.70. The van der Waals surface area contributed by atoms with Gasteiger partial charge in [-0.05, 0) is 25.1 Å². The van der Waals surface area contributed by atoms with E-state index in [0.29, 0.717) is 0 Å². The van der Waals surface area contributed by atoms with Crippen LogP contribution in [0.4, 0.5) is 8.92 Å². The van der Waals surface area contributed by atoms with E-state index in [4.69, 9.17) is 9.78 Å². The van der Waals surface area contributed by atoms with Crippen LogP contribution >= 0.6 is 0 Å². The van der Waals surface area contributed by atoms with Crippen LogP contribution in [0.15, 0.2) is 22.7 Å². The number of benzene rings is 1. The number of aromatic nitrogens is 1. The summed E-state index contributed by atoms with van der Waals surface area (Å²) in [5.41, 5.74) is 0.0396. The van der Waals surface area contributed by atoms with Gasteiger partial charge in [-0.3, -0.25) is 0 Å². The van der Waals surface area contributed by atoms with Crippen LogP contribution < -0.4 is 0 Å². The Labute approximate surface area is 105 Å². The van der Waals surface area contributed by atoms with Gasteiger partial charge in [-0.25, -0.2) is 14.1 Å². The monoisotopic (exact) mass is 264 g/mol. The zero-order chi connectivity index (χ0) is 14.0. The molecule has 0 bridgehead atoms. The first-order chi connectivity index (χ1) is 9.08. The molecule has 2 aromatic rings. The first-order valence-electron chi connectivity index (χ1n) is 5.07. The van der Waals surface area contributed by atoms with Crippen molar-refractivity contribution in [3.05, 3.63) is 40.8 Å². The molecular formula is C12H6F2N2O3. The fourth-order valence-electron chi connectivity index (χ4n) is 1.58. The maximum Gasteiger partial charge on any atom is 0.401 e. The Balaban J connectivity index is 2.49. The quantitative estimate of drug-likeness (QED) is 0.833. The van der Waals surface area contributed by atoms with Gasteiger partial charge in [0.15, 0.2) is 11.5 Å². The summed E-state index contributed by atoms with van der Waals surface area (Å²) in [6.45, 7) is 1.45. The molecule has 0 aliphatic rings. The Kier molecular flexibility index (Phi) is 3.25. The number of carbonyl (C=O) groups is 1. The van der Waals surface area contributed by atoms with Gasteiger partial charge in [0.25, 0.3) is 0 Å². The first kappa shape index (κ1) is 12.7. The molecule has 0 spiro atoms. The van der Waals surface area contributed by atoms with Crippen LogP contribution in [0, 0.1) is 24.1 Å². The Morgan fingerprint density at radius 2 is 2.26 bits per heavy atom. The highest BCUT2D eigenvalue weighted by Crippen LogP contribution is 2.27. The molecule has 0 aliphatic carbocycles. The van der Waals surface area contributed by atoms with Crippen LogP contribution in [-0.2, 0) is 4.94 Å². The standard InChI is InChI=1S/C12H6F2N2O3/c1-6-10(12(17)18-14)16-19-11(6)7-2-3-8(5-15)9(13)4-7/h2-4H,1H3. The summed E-state index contributed by atoms with van der Waals surface area (Å²) >= 11 is 0. The smallest absolute Gasteiger partial charge is 0.355 e. The zero-order valence-electron chi connectivity index (χ0n) is 9.61. The highest BCUT2D eigenvalue weighted by atomic mass is 19.3. The summed E-state index contributed by atoms with van der Waals surface area (Å²) in [5, 5.41) is 12.0. The van der Waals surface area contributed by atoms with Gasteiger partial charge < -0.3 is 4.52 Å². The van der Waals surface area contributed by atoms with Crippen LogP contribution in [0.2, 0.25) is 0 Å². The van der Waals surface area contributed by atoms with Crippen LogP contribution in [0.3, 0.4) is 0 Å². The summed E-state index contributed by atoms with van der Waals surface area (Å²) in [5.74, 6) is -1.92. The van der Waals surface area contributed by atoms with E-state index in [2.05, 4.69) is 10.1 Å². The molecule has 0 saturated carbocycles. The Hall–Kier alpha value is -2.75. The van der Waals surface area contributed by atoms with Gasteiger partial charge in [-0.2, -0.15) is 5.26 Å². The average molecular weight is 264 g/mol. The summed E-state index contributed by atoms with van der Waals surface area (Å²) in [7, 11) is 0. The molecule has 1 heterocycles. The normalized spacial score (nSPS) is 10.0. The third-order valence-corrected chi connectivity index (χ3v) is 2.54. The molecule has 0 atom stereocenters. The minimum atomic E-state index is -1.29. The fraction of sp³-hybridized carbons (Fsp3) is 0.0833. The lowest BCUT2D eigenvalue weighted by atomic mass is 10.1. The number of halogens is 2. The van der Waals surface area contributed by atoms with Gasteiger partial charge in [0.2, 0.25) is 0 Å². The molecule has 0 amide bonds. The Morgan fingerprint density at radius 1 is 1.53 bits per heavy atom. The second-order valence-electron chi connectivity index (χ2n) is 3.66. The molecule has 7 heteroatoms. The number of hydrogen-bond donors (Lipinski definition) is 0. The summed E-state index contributed by atoms with van der Waals surface area (Å²) in [6.07, 6.45) is 0. The predicted molar refractivity (Wildman–Crippen MR) is 57.9 cm³/mol. The molecular weight excluding hydrogens is 258 g/mol.